The lowest BCUT2D eigenvalue weighted by Gasteiger charge is -2.16. The molecule has 0 fully saturated rings. The number of aromatic nitrogens is 2. The zero-order valence-corrected chi connectivity index (χ0v) is 25.9. The van der Waals surface area contributed by atoms with Crippen LogP contribution in [0.15, 0.2) is 145 Å². The summed E-state index contributed by atoms with van der Waals surface area (Å²) in [6.07, 6.45) is 4.82. The van der Waals surface area contributed by atoms with E-state index in [0.717, 1.165) is 67.7 Å². The topological polar surface area (TPSA) is 57.4 Å². The summed E-state index contributed by atoms with van der Waals surface area (Å²) in [4.78, 5) is 0. The lowest BCUT2D eigenvalue weighted by molar-refractivity contribution is 1.08. The largest absolute Gasteiger partial charge is 0.309 e. The Balaban J connectivity index is 1.19. The van der Waals surface area contributed by atoms with Gasteiger partial charge in [0.1, 0.15) is 6.07 Å². The summed E-state index contributed by atoms with van der Waals surface area (Å²) in [7, 11) is 0. The third kappa shape index (κ3) is 4.15. The number of para-hydroxylation sites is 4. The molecular weight excluding hydrogens is 585 g/mol. The van der Waals surface area contributed by atoms with Crippen LogP contribution in [0, 0.1) is 22.7 Å². The van der Waals surface area contributed by atoms with Gasteiger partial charge in [-0.25, -0.2) is 0 Å². The van der Waals surface area contributed by atoms with Crippen molar-refractivity contribution in [2.75, 3.05) is 0 Å². The highest BCUT2D eigenvalue weighted by Gasteiger charge is 2.20. The molecule has 0 amide bonds. The van der Waals surface area contributed by atoms with Gasteiger partial charge in [-0.2, -0.15) is 10.5 Å². The third-order valence-electron chi connectivity index (χ3n) is 9.46. The van der Waals surface area contributed by atoms with E-state index in [9.17, 15) is 10.5 Å². The van der Waals surface area contributed by atoms with Crippen LogP contribution in [0.1, 0.15) is 22.4 Å². The standard InChI is InChI=1S/C44H26N4/c45-27-29-24-32(30-20-22-34(23-21-30)47-41-17-6-4-14-38(41)39-15-9-10-31(28-46)44(39)47)26-33(25-29)35-11-1-5-16-40(35)48-42-18-7-2-12-36(42)37-13-3-8-19-43(37)48/h1-5,7-13,15-26H,14H2. The molecule has 4 heteroatoms. The number of benzene rings is 6. The molecule has 2 aromatic heterocycles. The van der Waals surface area contributed by atoms with Gasteiger partial charge in [0.15, 0.2) is 0 Å². The van der Waals surface area contributed by atoms with Crippen LogP contribution < -0.4 is 0 Å². The Labute approximate surface area is 277 Å². The summed E-state index contributed by atoms with van der Waals surface area (Å²) in [6.45, 7) is 0. The summed E-state index contributed by atoms with van der Waals surface area (Å²) in [5, 5.41) is 23.6. The molecule has 6 aromatic carbocycles. The molecule has 0 bridgehead atoms. The van der Waals surface area contributed by atoms with E-state index in [1.54, 1.807) is 0 Å². The van der Waals surface area contributed by atoms with Crippen LogP contribution in [-0.2, 0) is 6.42 Å². The highest BCUT2D eigenvalue weighted by molar-refractivity contribution is 6.09. The molecule has 48 heavy (non-hydrogen) atoms. The fraction of sp³-hybridized carbons (Fsp3) is 0.0227. The first-order valence-electron chi connectivity index (χ1n) is 15.9. The fourth-order valence-corrected chi connectivity index (χ4v) is 7.36. The molecular formula is C44H26N4. The number of hydrogen-bond donors (Lipinski definition) is 0. The van der Waals surface area contributed by atoms with Gasteiger partial charge in [0.2, 0.25) is 0 Å². The van der Waals surface area contributed by atoms with Gasteiger partial charge in [0.05, 0.1) is 45.1 Å². The maximum atomic E-state index is 10.2. The third-order valence-corrected chi connectivity index (χ3v) is 9.46. The molecule has 0 aliphatic heterocycles. The molecule has 1 aliphatic carbocycles. The molecule has 4 nitrogen and oxygen atoms in total. The van der Waals surface area contributed by atoms with Gasteiger partial charge in [-0.15, -0.1) is 5.73 Å². The number of hydrogen-bond acceptors (Lipinski definition) is 2. The normalized spacial score (nSPS) is 12.0. The van der Waals surface area contributed by atoms with Crippen molar-refractivity contribution in [1.82, 2.24) is 9.13 Å². The Morgan fingerprint density at radius 3 is 2.02 bits per heavy atom. The summed E-state index contributed by atoms with van der Waals surface area (Å²) in [5.74, 6) is 0. The SMILES string of the molecule is N#Cc1cc(-c2ccc(-n3c4c(c5cccc(C#N)c53)CC=C=C4)cc2)cc(-c2ccccc2-n2c3ccccc3c3ccccc32)c1. The number of nitrogens with zero attached hydrogens (tertiary/aromatic N) is 4. The molecule has 0 N–H and O–H groups in total. The Bertz CT molecular complexity index is 2700. The van der Waals surface area contributed by atoms with Crippen LogP contribution >= 0.6 is 0 Å². The van der Waals surface area contributed by atoms with Gasteiger partial charge >= 0.3 is 0 Å². The predicted molar refractivity (Wildman–Crippen MR) is 194 cm³/mol. The minimum absolute atomic E-state index is 0.602. The molecule has 0 atom stereocenters. The minimum atomic E-state index is 0.602. The van der Waals surface area contributed by atoms with Gasteiger partial charge < -0.3 is 9.13 Å². The Morgan fingerprint density at radius 2 is 1.27 bits per heavy atom. The molecule has 222 valence electrons. The second kappa shape index (κ2) is 10.9. The molecule has 0 spiro atoms. The first-order chi connectivity index (χ1) is 23.7. The summed E-state index contributed by atoms with van der Waals surface area (Å²) >= 11 is 0. The lowest BCUT2D eigenvalue weighted by atomic mass is 9.95. The van der Waals surface area contributed by atoms with Crippen molar-refractivity contribution >= 4 is 38.8 Å². The van der Waals surface area contributed by atoms with Crippen LogP contribution in [0.2, 0.25) is 0 Å². The van der Waals surface area contributed by atoms with E-state index in [1.165, 1.54) is 16.3 Å². The van der Waals surface area contributed by atoms with Gasteiger partial charge in [-0.05, 0) is 82.9 Å². The summed E-state index contributed by atoms with van der Waals surface area (Å²) in [6, 6.07) is 50.7. The molecule has 0 unspecified atom stereocenters. The Kier molecular flexibility index (Phi) is 6.24. The average Bonchev–Trinajstić information content (AvgIpc) is 3.68. The summed E-state index contributed by atoms with van der Waals surface area (Å²) in [5.41, 5.74) is 16.0. The van der Waals surface area contributed by atoms with Crippen LogP contribution in [0.3, 0.4) is 0 Å². The molecule has 0 saturated heterocycles. The van der Waals surface area contributed by atoms with Crippen LogP contribution in [0.25, 0.3) is 72.4 Å². The van der Waals surface area contributed by atoms with Crippen LogP contribution in [0.4, 0.5) is 0 Å². The van der Waals surface area contributed by atoms with Crippen molar-refractivity contribution in [3.63, 3.8) is 0 Å². The molecule has 0 radical (unpaired) electrons. The molecule has 8 aromatic rings. The average molecular weight is 611 g/mol. The maximum absolute atomic E-state index is 10.2. The highest BCUT2D eigenvalue weighted by Crippen LogP contribution is 2.39. The Hall–Kier alpha value is -6.84. The smallest absolute Gasteiger partial charge is 0.101 e. The number of nitriles is 2. The molecule has 0 saturated carbocycles. The predicted octanol–water partition coefficient (Wildman–Crippen LogP) is 10.5. The van der Waals surface area contributed by atoms with Crippen LogP contribution in [-0.4, -0.2) is 9.13 Å². The van der Waals surface area contributed by atoms with E-state index in [-0.39, 0.29) is 0 Å². The summed E-state index contributed by atoms with van der Waals surface area (Å²) < 4.78 is 4.50. The van der Waals surface area contributed by atoms with E-state index in [0.29, 0.717) is 11.1 Å². The fourth-order valence-electron chi connectivity index (χ4n) is 7.36. The van der Waals surface area contributed by atoms with Gasteiger partial charge in [0.25, 0.3) is 0 Å². The monoisotopic (exact) mass is 610 g/mol. The quantitative estimate of drug-likeness (QED) is 0.186. The molecule has 2 heterocycles. The van der Waals surface area contributed by atoms with Gasteiger partial charge in [0, 0.05) is 39.9 Å². The second-order valence-corrected chi connectivity index (χ2v) is 12.1. The van der Waals surface area contributed by atoms with Crippen molar-refractivity contribution in [2.24, 2.45) is 0 Å². The van der Waals surface area contributed by atoms with Crippen molar-refractivity contribution in [3.8, 4) is 45.8 Å². The first kappa shape index (κ1) is 27.5. The van der Waals surface area contributed by atoms with Crippen LogP contribution in [0.5, 0.6) is 0 Å². The molecule has 1 aliphatic rings. The lowest BCUT2D eigenvalue weighted by Crippen LogP contribution is -2.00. The van der Waals surface area contributed by atoms with Gasteiger partial charge in [-0.3, -0.25) is 0 Å². The first-order valence-corrected chi connectivity index (χ1v) is 15.9. The number of rotatable bonds is 4. The number of allylic oxidation sites excluding steroid dienone is 1. The maximum Gasteiger partial charge on any atom is 0.101 e. The number of fused-ring (bicyclic) bond motifs is 6. The Morgan fingerprint density at radius 1 is 0.583 bits per heavy atom. The van der Waals surface area contributed by atoms with E-state index in [2.05, 4.69) is 136 Å². The zero-order valence-electron chi connectivity index (χ0n) is 25.9. The molecule has 9 rings (SSSR count). The van der Waals surface area contributed by atoms with Crippen molar-refractivity contribution in [3.05, 3.63) is 168 Å². The van der Waals surface area contributed by atoms with Crippen molar-refractivity contribution in [2.45, 2.75) is 6.42 Å². The van der Waals surface area contributed by atoms with E-state index < -0.39 is 0 Å². The van der Waals surface area contributed by atoms with E-state index in [1.807, 2.05) is 36.4 Å². The second-order valence-electron chi connectivity index (χ2n) is 12.1. The van der Waals surface area contributed by atoms with E-state index in [4.69, 9.17) is 0 Å². The highest BCUT2D eigenvalue weighted by atomic mass is 15.0. The van der Waals surface area contributed by atoms with Crippen molar-refractivity contribution < 1.29 is 0 Å². The van der Waals surface area contributed by atoms with Crippen molar-refractivity contribution in [1.29, 1.82) is 10.5 Å². The van der Waals surface area contributed by atoms with Gasteiger partial charge in [-0.1, -0.05) is 78.9 Å². The zero-order chi connectivity index (χ0) is 32.2. The van der Waals surface area contributed by atoms with E-state index >= 15 is 0 Å². The minimum Gasteiger partial charge on any atom is -0.309 e.